The highest BCUT2D eigenvalue weighted by Crippen LogP contribution is 2.32. The maximum atomic E-state index is 12.8. The van der Waals surface area contributed by atoms with Gasteiger partial charge in [0.2, 0.25) is 5.82 Å². The zero-order chi connectivity index (χ0) is 21.4. The first-order valence-corrected chi connectivity index (χ1v) is 9.92. The Morgan fingerprint density at radius 2 is 1.84 bits per heavy atom. The fourth-order valence-corrected chi connectivity index (χ4v) is 3.51. The van der Waals surface area contributed by atoms with Gasteiger partial charge in [0.15, 0.2) is 0 Å². The van der Waals surface area contributed by atoms with E-state index in [4.69, 9.17) is 4.52 Å². The molecule has 2 aromatic carbocycles. The Hall–Kier alpha value is -4.20. The molecule has 31 heavy (non-hydrogen) atoms. The van der Waals surface area contributed by atoms with Crippen LogP contribution in [0.25, 0.3) is 33.9 Å². The number of fused-ring (bicyclic) bond motifs is 1. The second-order valence-electron chi connectivity index (χ2n) is 7.20. The number of hydrogen-bond donors (Lipinski definition) is 2. The fourth-order valence-electron chi connectivity index (χ4n) is 3.51. The molecule has 8 heteroatoms. The number of rotatable bonds is 5. The Kier molecular flexibility index (Phi) is 4.59. The number of aromatic hydroxyl groups is 1. The number of nitrogens with zero attached hydrogens (tertiary/aromatic N) is 4. The van der Waals surface area contributed by atoms with E-state index in [1.165, 1.54) is 11.8 Å². The first-order chi connectivity index (χ1) is 15.1. The largest absolute Gasteiger partial charge is 0.506 e. The molecule has 3 heterocycles. The van der Waals surface area contributed by atoms with E-state index in [9.17, 15) is 9.90 Å². The van der Waals surface area contributed by atoms with Crippen molar-refractivity contribution in [1.29, 1.82) is 0 Å². The Labute approximate surface area is 176 Å². The van der Waals surface area contributed by atoms with Crippen LogP contribution >= 0.6 is 0 Å². The molecule has 0 aliphatic carbocycles. The summed E-state index contributed by atoms with van der Waals surface area (Å²) in [5.74, 6) is 0.0527. The van der Waals surface area contributed by atoms with Crippen molar-refractivity contribution in [2.24, 2.45) is 0 Å². The van der Waals surface area contributed by atoms with Gasteiger partial charge in [-0.1, -0.05) is 66.7 Å². The summed E-state index contributed by atoms with van der Waals surface area (Å²) in [6.07, 6.45) is 2.44. The third-order valence-corrected chi connectivity index (χ3v) is 5.23. The van der Waals surface area contributed by atoms with Gasteiger partial charge in [-0.3, -0.25) is 4.79 Å². The second-order valence-corrected chi connectivity index (χ2v) is 7.20. The molecule has 0 radical (unpaired) electrons. The lowest BCUT2D eigenvalue weighted by molar-refractivity contribution is 0.426. The van der Waals surface area contributed by atoms with E-state index in [1.54, 1.807) is 4.68 Å². The Morgan fingerprint density at radius 1 is 1.06 bits per heavy atom. The number of aromatic amines is 1. The van der Waals surface area contributed by atoms with Gasteiger partial charge in [-0.2, -0.15) is 10.1 Å². The number of pyridine rings is 1. The van der Waals surface area contributed by atoms with Gasteiger partial charge in [-0.15, -0.1) is 0 Å². The number of nitrogens with one attached hydrogen (secondary N) is 1. The third-order valence-electron chi connectivity index (χ3n) is 5.23. The van der Waals surface area contributed by atoms with Gasteiger partial charge in [0.05, 0.1) is 18.1 Å². The minimum Gasteiger partial charge on any atom is -0.506 e. The van der Waals surface area contributed by atoms with Gasteiger partial charge in [-0.25, -0.2) is 4.68 Å². The van der Waals surface area contributed by atoms with E-state index in [-0.39, 0.29) is 17.2 Å². The molecule has 0 unspecified atom stereocenters. The van der Waals surface area contributed by atoms with Crippen LogP contribution in [0.1, 0.15) is 18.1 Å². The molecule has 3 aromatic heterocycles. The lowest BCUT2D eigenvalue weighted by Gasteiger charge is -2.05. The summed E-state index contributed by atoms with van der Waals surface area (Å²) in [6, 6.07) is 17.5. The van der Waals surface area contributed by atoms with Crippen LogP contribution in [0.5, 0.6) is 5.75 Å². The van der Waals surface area contributed by atoms with Crippen molar-refractivity contribution in [2.45, 2.75) is 19.9 Å². The lowest BCUT2D eigenvalue weighted by Crippen LogP contribution is -2.12. The van der Waals surface area contributed by atoms with E-state index in [1.807, 2.05) is 54.6 Å². The molecule has 5 rings (SSSR count). The third kappa shape index (κ3) is 3.38. The molecule has 0 saturated heterocycles. The van der Waals surface area contributed by atoms with Crippen molar-refractivity contribution < 1.29 is 9.63 Å². The lowest BCUT2D eigenvalue weighted by atomic mass is 10.1. The Balaban J connectivity index is 1.54. The fraction of sp³-hybridized carbons (Fsp3) is 0.130. The molecule has 2 N–H and O–H groups in total. The van der Waals surface area contributed by atoms with Crippen LogP contribution in [0.4, 0.5) is 0 Å². The van der Waals surface area contributed by atoms with Crippen molar-refractivity contribution in [3.63, 3.8) is 0 Å². The minimum atomic E-state index is -0.531. The number of aromatic nitrogens is 5. The van der Waals surface area contributed by atoms with Crippen molar-refractivity contribution >= 4 is 11.0 Å². The van der Waals surface area contributed by atoms with Crippen molar-refractivity contribution in [3.05, 3.63) is 82.3 Å². The van der Waals surface area contributed by atoms with E-state index in [0.717, 1.165) is 17.5 Å². The number of benzene rings is 2. The zero-order valence-corrected chi connectivity index (χ0v) is 16.7. The maximum Gasteiger partial charge on any atom is 0.267 e. The zero-order valence-electron chi connectivity index (χ0n) is 16.7. The molecule has 0 saturated carbocycles. The summed E-state index contributed by atoms with van der Waals surface area (Å²) < 4.78 is 6.94. The molecule has 5 aromatic rings. The molecular weight excluding hydrogens is 394 g/mol. The standard InChI is InChI=1S/C23H19N5O3/c1-2-14-8-10-16(11-9-14)20-25-23(31-27-20)18-19(29)17-12-24-28(21(17)26-22(18)30)13-15-6-4-3-5-7-15/h3-12H,2,13H2,1H3,(H2,26,29,30). The summed E-state index contributed by atoms with van der Waals surface area (Å²) in [6.45, 7) is 2.53. The second kappa shape index (κ2) is 7.56. The van der Waals surface area contributed by atoms with E-state index in [2.05, 4.69) is 27.1 Å². The molecule has 0 fully saturated rings. The van der Waals surface area contributed by atoms with Crippen LogP contribution < -0.4 is 5.56 Å². The van der Waals surface area contributed by atoms with Crippen LogP contribution in [0.3, 0.4) is 0 Å². The van der Waals surface area contributed by atoms with Gasteiger partial charge in [-0.05, 0) is 17.5 Å². The first kappa shape index (κ1) is 18.8. The highest BCUT2D eigenvalue weighted by molar-refractivity contribution is 5.88. The molecule has 8 nitrogen and oxygen atoms in total. The van der Waals surface area contributed by atoms with Gasteiger partial charge in [0.25, 0.3) is 11.4 Å². The van der Waals surface area contributed by atoms with Crippen LogP contribution in [-0.4, -0.2) is 30.0 Å². The predicted octanol–water partition coefficient (Wildman–Crippen LogP) is 3.76. The normalized spacial score (nSPS) is 11.3. The number of aryl methyl sites for hydroxylation is 1. The maximum absolute atomic E-state index is 12.8. The molecule has 154 valence electrons. The Morgan fingerprint density at radius 3 is 2.58 bits per heavy atom. The number of H-pyrrole nitrogens is 1. The Bertz CT molecular complexity index is 1420. The smallest absolute Gasteiger partial charge is 0.267 e. The van der Waals surface area contributed by atoms with Crippen molar-refractivity contribution in [3.8, 4) is 28.6 Å². The monoisotopic (exact) mass is 413 g/mol. The van der Waals surface area contributed by atoms with Crippen LogP contribution in [0, 0.1) is 0 Å². The summed E-state index contributed by atoms with van der Waals surface area (Å²) in [5, 5.41) is 19.5. The molecule has 0 aliphatic rings. The SMILES string of the molecule is CCc1ccc(-c2noc(-c3c(O)c4cnn(Cc5ccccc5)c4[nH]c3=O)n2)cc1. The highest BCUT2D eigenvalue weighted by Gasteiger charge is 2.22. The minimum absolute atomic E-state index is 0.0500. The molecule has 0 aliphatic heterocycles. The van der Waals surface area contributed by atoms with Crippen LogP contribution in [0.2, 0.25) is 0 Å². The summed E-state index contributed by atoms with van der Waals surface area (Å²) in [4.78, 5) is 19.9. The molecule has 0 amide bonds. The quantitative estimate of drug-likeness (QED) is 0.454. The van der Waals surface area contributed by atoms with Gasteiger partial charge < -0.3 is 14.6 Å². The summed E-state index contributed by atoms with van der Waals surface area (Å²) in [7, 11) is 0. The van der Waals surface area contributed by atoms with Crippen LogP contribution in [-0.2, 0) is 13.0 Å². The van der Waals surface area contributed by atoms with Gasteiger partial charge >= 0.3 is 0 Å². The van der Waals surface area contributed by atoms with Crippen molar-refractivity contribution in [1.82, 2.24) is 24.9 Å². The summed E-state index contributed by atoms with van der Waals surface area (Å²) in [5.41, 5.74) is 2.80. The van der Waals surface area contributed by atoms with E-state index >= 15 is 0 Å². The molecular formula is C23H19N5O3. The van der Waals surface area contributed by atoms with Gasteiger partial charge in [0, 0.05) is 5.56 Å². The summed E-state index contributed by atoms with van der Waals surface area (Å²) >= 11 is 0. The molecule has 0 spiro atoms. The average Bonchev–Trinajstić information content (AvgIpc) is 3.43. The van der Waals surface area contributed by atoms with E-state index in [0.29, 0.717) is 23.4 Å². The predicted molar refractivity (Wildman–Crippen MR) is 116 cm³/mol. The first-order valence-electron chi connectivity index (χ1n) is 9.92. The molecule has 0 bridgehead atoms. The average molecular weight is 413 g/mol. The van der Waals surface area contributed by atoms with Crippen LogP contribution in [0.15, 0.2) is 70.1 Å². The highest BCUT2D eigenvalue weighted by atomic mass is 16.5. The van der Waals surface area contributed by atoms with E-state index < -0.39 is 5.56 Å². The van der Waals surface area contributed by atoms with Gasteiger partial charge in [0.1, 0.15) is 17.0 Å². The molecule has 0 atom stereocenters. The number of hydrogen-bond acceptors (Lipinski definition) is 6. The topological polar surface area (TPSA) is 110 Å². The van der Waals surface area contributed by atoms with Crippen molar-refractivity contribution in [2.75, 3.05) is 0 Å².